The van der Waals surface area contributed by atoms with Crippen molar-refractivity contribution in [1.29, 1.82) is 0 Å². The Morgan fingerprint density at radius 2 is 0.600 bits per heavy atom. The van der Waals surface area contributed by atoms with Gasteiger partial charge in [-0.2, -0.15) is 0 Å². The minimum atomic E-state index is -0.437. The molecular formula is C6H12Cl6KOSb. The van der Waals surface area contributed by atoms with Crippen LogP contribution in [0.25, 0.3) is 0 Å². The normalized spacial score (nSPS) is 44.4. The zero-order valence-electron chi connectivity index (χ0n) is 8.94. The third-order valence-corrected chi connectivity index (χ3v) is 5.86. The molecule has 0 heterocycles. The summed E-state index contributed by atoms with van der Waals surface area (Å²) in [4.78, 5) is 0. The first-order valence-electron chi connectivity index (χ1n) is 3.31. The second-order valence-electron chi connectivity index (χ2n) is 2.67. The molecule has 1 rings (SSSR count). The molecule has 0 amide bonds. The predicted octanol–water partition coefficient (Wildman–Crippen LogP) is -1.25. The molecule has 1 nitrogen and oxygen atoms in total. The van der Waals surface area contributed by atoms with Crippen LogP contribution in [0.15, 0.2) is 0 Å². The number of halogens is 6. The summed E-state index contributed by atoms with van der Waals surface area (Å²) in [6.45, 7) is 0. The predicted molar refractivity (Wildman–Crippen MR) is 72.5 cm³/mol. The van der Waals surface area contributed by atoms with E-state index in [9.17, 15) is 0 Å². The zero-order chi connectivity index (χ0) is 9.46. The second-order valence-corrected chi connectivity index (χ2v) is 5.69. The molecule has 1 fully saturated rings. The first-order chi connectivity index (χ1) is 5.46. The molecule has 0 unspecified atom stereocenters. The summed E-state index contributed by atoms with van der Waals surface area (Å²) in [5.74, 6) is 0. The van der Waals surface area contributed by atoms with Crippen molar-refractivity contribution in [3.8, 4) is 0 Å². The molecule has 15 heavy (non-hydrogen) atoms. The van der Waals surface area contributed by atoms with Crippen molar-refractivity contribution < 1.29 is 58.3 Å². The van der Waals surface area contributed by atoms with Gasteiger partial charge in [-0.3, -0.25) is 0 Å². The van der Waals surface area contributed by atoms with Crippen LogP contribution in [0.2, 0.25) is 0 Å². The van der Waals surface area contributed by atoms with Gasteiger partial charge in [0, 0.05) is 0 Å². The van der Waals surface area contributed by atoms with Crippen molar-refractivity contribution in [3.05, 3.63) is 0 Å². The summed E-state index contributed by atoms with van der Waals surface area (Å²) in [5, 5.41) is -2.62. The van der Waals surface area contributed by atoms with E-state index in [-0.39, 0.29) is 82.7 Å². The van der Waals surface area contributed by atoms with E-state index in [1.165, 1.54) is 0 Å². The summed E-state index contributed by atoms with van der Waals surface area (Å²) < 4.78 is 0. The van der Waals surface area contributed by atoms with E-state index in [0.717, 1.165) is 0 Å². The van der Waals surface area contributed by atoms with Crippen molar-refractivity contribution in [2.45, 2.75) is 32.3 Å². The standard InChI is InChI=1S/C6H6Cl6.K.H2O.Sb.4H/c7-1-2(8)4(10)6(12)5(11)3(1)9;;;;;;;/h1-6H;;1H2;;;;;/q;+1;;;;;;-1. The molecule has 0 saturated heterocycles. The third-order valence-electron chi connectivity index (χ3n) is 1.83. The van der Waals surface area contributed by atoms with Crippen molar-refractivity contribution in [2.75, 3.05) is 0 Å². The van der Waals surface area contributed by atoms with E-state index in [4.69, 9.17) is 69.6 Å². The zero-order valence-corrected chi connectivity index (χ0v) is 19.6. The fourth-order valence-electron chi connectivity index (χ4n) is 1.05. The monoisotopic (exact) mass is 470 g/mol. The van der Waals surface area contributed by atoms with Gasteiger partial charge in [0.05, 0.1) is 32.3 Å². The molecule has 0 aliphatic heterocycles. The van der Waals surface area contributed by atoms with Gasteiger partial charge in [0.1, 0.15) is 0 Å². The van der Waals surface area contributed by atoms with Gasteiger partial charge in [0.25, 0.3) is 0 Å². The summed E-state index contributed by atoms with van der Waals surface area (Å²) >= 11 is 35.3. The van der Waals surface area contributed by atoms with Crippen LogP contribution in [-0.4, -0.2) is 62.2 Å². The Labute approximate surface area is 181 Å². The van der Waals surface area contributed by atoms with Crippen LogP contribution in [0.5, 0.6) is 0 Å². The Balaban J connectivity index is -0.000000180. The summed E-state index contributed by atoms with van der Waals surface area (Å²) in [6, 6.07) is 0. The number of hydrogen-bond acceptors (Lipinski definition) is 0. The van der Waals surface area contributed by atoms with Crippen LogP contribution in [-0.2, 0) is 0 Å². The van der Waals surface area contributed by atoms with Crippen LogP contribution in [0.4, 0.5) is 0 Å². The molecule has 0 bridgehead atoms. The van der Waals surface area contributed by atoms with Gasteiger partial charge in [-0.1, -0.05) is 0 Å². The van der Waals surface area contributed by atoms with Crippen molar-refractivity contribution in [2.24, 2.45) is 0 Å². The Morgan fingerprint density at radius 1 is 0.533 bits per heavy atom. The van der Waals surface area contributed by atoms with Crippen LogP contribution in [0.3, 0.4) is 0 Å². The fraction of sp³-hybridized carbons (Fsp3) is 1.00. The third kappa shape index (κ3) is 5.98. The summed E-state index contributed by atoms with van der Waals surface area (Å²) in [7, 11) is 0. The Bertz CT molecular complexity index is 125. The van der Waals surface area contributed by atoms with Gasteiger partial charge in [-0.15, -0.1) is 69.6 Å². The number of hydrogen-bond donors (Lipinski definition) is 0. The van der Waals surface area contributed by atoms with Crippen molar-refractivity contribution >= 4 is 94.0 Å². The molecule has 1 aliphatic carbocycles. The van der Waals surface area contributed by atoms with Crippen molar-refractivity contribution in [1.82, 2.24) is 0 Å². The minimum absolute atomic E-state index is 0. The van der Waals surface area contributed by atoms with Crippen LogP contribution in [0, 0.1) is 0 Å². The maximum atomic E-state index is 5.88. The van der Waals surface area contributed by atoms with E-state index >= 15 is 0 Å². The van der Waals surface area contributed by atoms with E-state index < -0.39 is 32.3 Å². The molecule has 90 valence electrons. The Morgan fingerprint density at radius 3 is 0.667 bits per heavy atom. The Hall–Kier alpha value is 4.15. The average molecular weight is 474 g/mol. The van der Waals surface area contributed by atoms with E-state index in [1.54, 1.807) is 0 Å². The van der Waals surface area contributed by atoms with E-state index in [1.807, 2.05) is 0 Å². The quantitative estimate of drug-likeness (QED) is 0.311. The molecule has 2 N–H and O–H groups in total. The van der Waals surface area contributed by atoms with Gasteiger partial charge in [0.2, 0.25) is 0 Å². The van der Waals surface area contributed by atoms with Gasteiger partial charge >= 0.3 is 75.8 Å². The molecule has 0 aromatic heterocycles. The number of alkyl halides is 6. The maximum absolute atomic E-state index is 5.88. The van der Waals surface area contributed by atoms with Gasteiger partial charge in [0.15, 0.2) is 0 Å². The topological polar surface area (TPSA) is 31.5 Å². The van der Waals surface area contributed by atoms with Gasteiger partial charge in [-0.05, 0) is 0 Å². The molecule has 9 heteroatoms. The molecule has 0 aromatic carbocycles. The molecule has 1 saturated carbocycles. The molecular weight excluding hydrogens is 462 g/mol. The van der Waals surface area contributed by atoms with E-state index in [0.29, 0.717) is 0 Å². The average Bonchev–Trinajstić information content (AvgIpc) is 2.08. The van der Waals surface area contributed by atoms with Crippen LogP contribution < -0.4 is 51.4 Å². The second kappa shape index (κ2) is 10.9. The summed E-state index contributed by atoms with van der Waals surface area (Å²) in [6.07, 6.45) is 0. The fourth-order valence-corrected chi connectivity index (χ4v) is 3.38. The molecule has 0 aromatic rings. The van der Waals surface area contributed by atoms with E-state index in [2.05, 4.69) is 0 Å². The van der Waals surface area contributed by atoms with Crippen LogP contribution in [0.1, 0.15) is 1.43 Å². The molecule has 0 radical (unpaired) electrons. The molecule has 0 atom stereocenters. The van der Waals surface area contributed by atoms with Gasteiger partial charge < -0.3 is 6.90 Å². The molecule has 0 spiro atoms. The summed E-state index contributed by atoms with van der Waals surface area (Å²) in [5.41, 5.74) is 0. The molecule has 1 aliphatic rings. The SMILES string of the molecule is ClC1C(Cl)C(Cl)C(Cl)C(Cl)C1Cl.O.[H-].[K+].[SbH3]. The van der Waals surface area contributed by atoms with Crippen LogP contribution >= 0.6 is 69.6 Å². The first-order valence-corrected chi connectivity index (χ1v) is 5.93. The first kappa shape index (κ1) is 24.2. The van der Waals surface area contributed by atoms with Gasteiger partial charge in [-0.25, -0.2) is 0 Å². The Kier molecular flexibility index (Phi) is 17.6. The number of rotatable bonds is 0. The van der Waals surface area contributed by atoms with Crippen molar-refractivity contribution in [3.63, 3.8) is 0 Å².